The van der Waals surface area contributed by atoms with E-state index in [9.17, 15) is 15.0 Å². The molecule has 0 saturated carbocycles. The molecule has 0 aromatic heterocycles. The van der Waals surface area contributed by atoms with Crippen LogP contribution >= 0.6 is 0 Å². The van der Waals surface area contributed by atoms with Crippen LogP contribution in [0.1, 0.15) is 6.92 Å². The summed E-state index contributed by atoms with van der Waals surface area (Å²) in [4.78, 5) is 28.1. The summed E-state index contributed by atoms with van der Waals surface area (Å²) in [6.07, 6.45) is 0. The van der Waals surface area contributed by atoms with Gasteiger partial charge in [-0.05, 0) is 0 Å². The van der Waals surface area contributed by atoms with E-state index in [0.717, 1.165) is 0 Å². The van der Waals surface area contributed by atoms with Crippen molar-refractivity contribution in [2.75, 3.05) is 39.3 Å². The smallest absolute Gasteiger partial charge is 0.313 e. The van der Waals surface area contributed by atoms with Crippen LogP contribution in [0.3, 0.4) is 0 Å². The molecule has 0 aromatic carbocycles. The van der Waals surface area contributed by atoms with Gasteiger partial charge in [0.2, 0.25) is 0 Å². The maximum Gasteiger partial charge on any atom is 0.316 e. The molecule has 1 saturated heterocycles. The quantitative estimate of drug-likeness (QED) is 0.354. The van der Waals surface area contributed by atoms with Gasteiger partial charge in [-0.15, -0.1) is 10.1 Å². The molecule has 0 spiro atoms. The van der Waals surface area contributed by atoms with Crippen molar-refractivity contribution >= 4 is 0 Å². The maximum atomic E-state index is 11.4. The second-order valence-corrected chi connectivity index (χ2v) is 4.12. The molecule has 1 aliphatic heterocycles. The zero-order chi connectivity index (χ0) is 14.3. The van der Waals surface area contributed by atoms with E-state index in [1.807, 2.05) is 11.0 Å². The second-order valence-electron chi connectivity index (χ2n) is 4.12. The second kappa shape index (κ2) is 7.45. The molecular weight excluding hydrogens is 256 g/mol. The molecule has 10 nitrogen and oxygen atoms in total. The Morgan fingerprint density at radius 3 is 2.58 bits per heavy atom. The highest BCUT2D eigenvalue weighted by atomic mass is 16.9. The molecule has 10 heteroatoms. The average molecular weight is 273 g/mol. The largest absolute Gasteiger partial charge is 0.316 e. The Morgan fingerprint density at radius 1 is 1.42 bits per heavy atom. The minimum Gasteiger partial charge on any atom is -0.313 e. The molecule has 1 aliphatic rings. The number of nitrogens with zero attached hydrogens (tertiary/aromatic N) is 5. The van der Waals surface area contributed by atoms with E-state index in [1.165, 1.54) is 6.92 Å². The van der Waals surface area contributed by atoms with E-state index >= 15 is 0 Å². The molecule has 19 heavy (non-hydrogen) atoms. The van der Waals surface area contributed by atoms with Crippen molar-refractivity contribution in [3.8, 4) is 6.07 Å². The summed E-state index contributed by atoms with van der Waals surface area (Å²) in [6.45, 7) is 4.55. The first-order valence-electron chi connectivity index (χ1n) is 5.90. The van der Waals surface area contributed by atoms with Crippen molar-refractivity contribution in [2.45, 2.75) is 13.0 Å². The lowest BCUT2D eigenvalue weighted by atomic mass is 10.3. The van der Waals surface area contributed by atoms with Crippen LogP contribution in [0.2, 0.25) is 0 Å². The van der Waals surface area contributed by atoms with Crippen molar-refractivity contribution in [3.05, 3.63) is 15.0 Å². The van der Waals surface area contributed by atoms with Gasteiger partial charge in [-0.3, -0.25) is 4.90 Å². The summed E-state index contributed by atoms with van der Waals surface area (Å²) in [6, 6.07) is 1.08. The summed E-state index contributed by atoms with van der Waals surface area (Å²) in [7, 11) is 0. The lowest BCUT2D eigenvalue weighted by molar-refractivity contribution is -0.757. The van der Waals surface area contributed by atoms with Crippen molar-refractivity contribution in [1.29, 1.82) is 5.26 Å². The van der Waals surface area contributed by atoms with Crippen LogP contribution in [0.15, 0.2) is 0 Å². The van der Waals surface area contributed by atoms with E-state index in [2.05, 4.69) is 10.4 Å². The monoisotopic (exact) mass is 273 g/mol. The predicted molar refractivity (Wildman–Crippen MR) is 62.8 cm³/mol. The predicted octanol–water partition coefficient (Wildman–Crippen LogP) is -1.08. The van der Waals surface area contributed by atoms with Gasteiger partial charge in [0.15, 0.2) is 0 Å². The fourth-order valence-electron chi connectivity index (χ4n) is 1.59. The average Bonchev–Trinajstić information content (AvgIpc) is 2.39. The first-order valence-corrected chi connectivity index (χ1v) is 5.90. The zero-order valence-electron chi connectivity index (χ0n) is 10.7. The molecule has 1 rings (SSSR count). The summed E-state index contributed by atoms with van der Waals surface area (Å²) in [5, 5.41) is 19.5. The van der Waals surface area contributed by atoms with E-state index in [-0.39, 0.29) is 6.61 Å². The number of hydrogen-bond acceptors (Lipinski definition) is 7. The molecule has 1 atom stereocenters. The van der Waals surface area contributed by atoms with E-state index in [4.69, 9.17) is 5.26 Å². The minimum atomic E-state index is -0.809. The molecule has 1 heterocycles. The van der Waals surface area contributed by atoms with Gasteiger partial charge in [0, 0.05) is 39.6 Å². The van der Waals surface area contributed by atoms with Crippen molar-refractivity contribution in [3.63, 3.8) is 0 Å². The molecule has 0 bridgehead atoms. The molecule has 0 aromatic rings. The number of nitrogens with one attached hydrogen (secondary N) is 1. The number of rotatable bonds is 7. The highest BCUT2D eigenvalue weighted by Gasteiger charge is 2.25. The van der Waals surface area contributed by atoms with Gasteiger partial charge in [-0.2, -0.15) is 10.3 Å². The molecule has 0 aliphatic carbocycles. The van der Waals surface area contributed by atoms with Crippen LogP contribution in [-0.4, -0.2) is 65.2 Å². The zero-order valence-corrected chi connectivity index (χ0v) is 10.7. The minimum absolute atomic E-state index is 0.0412. The SMILES string of the molecule is CC(C#N)[N+](=O)NN1CCN(CCO[N+](=O)[O-])CC1. The Hall–Kier alpha value is -1.99. The first-order chi connectivity index (χ1) is 9.02. The summed E-state index contributed by atoms with van der Waals surface area (Å²) in [5.41, 5.74) is 2.59. The fourth-order valence-corrected chi connectivity index (χ4v) is 1.59. The first kappa shape index (κ1) is 15.1. The normalized spacial score (nSPS) is 18.3. The highest BCUT2D eigenvalue weighted by Crippen LogP contribution is 1.99. The standard InChI is InChI=1S/C9H17N6O4/c1-9(8-10)14(16)11-13-4-2-12(3-5-13)6-7-19-15(17)18/h9H,2-7H2,1H3,(H,11,16)/q+1. The number of hydrazine groups is 2. The van der Waals surface area contributed by atoms with Crippen LogP contribution in [0.25, 0.3) is 0 Å². The Balaban J connectivity index is 2.20. The number of nitriles is 1. The number of hydrogen-bond donors (Lipinski definition) is 1. The van der Waals surface area contributed by atoms with Crippen molar-refractivity contribution in [2.24, 2.45) is 0 Å². The van der Waals surface area contributed by atoms with Gasteiger partial charge in [-0.25, -0.2) is 0 Å². The summed E-state index contributed by atoms with van der Waals surface area (Å²) < 4.78 is 0. The molecule has 106 valence electrons. The summed E-state index contributed by atoms with van der Waals surface area (Å²) in [5.74, 6) is 0. The Morgan fingerprint density at radius 2 is 2.05 bits per heavy atom. The van der Waals surface area contributed by atoms with Crippen molar-refractivity contribution in [1.82, 2.24) is 15.4 Å². The van der Waals surface area contributed by atoms with Gasteiger partial charge in [0.1, 0.15) is 17.5 Å². The van der Waals surface area contributed by atoms with Gasteiger partial charge < -0.3 is 4.84 Å². The number of piperazine rings is 1. The molecule has 1 fully saturated rings. The van der Waals surface area contributed by atoms with E-state index < -0.39 is 11.1 Å². The van der Waals surface area contributed by atoms with Gasteiger partial charge >= 0.3 is 6.04 Å². The van der Waals surface area contributed by atoms with Crippen molar-refractivity contribution < 1.29 is 14.8 Å². The maximum absolute atomic E-state index is 11.4. The van der Waals surface area contributed by atoms with Crippen LogP contribution in [0.5, 0.6) is 0 Å². The Bertz CT molecular complexity index is 362. The number of nitroso groups, excluding NO2 is 1. The molecule has 0 radical (unpaired) electrons. The third kappa shape index (κ3) is 5.45. The van der Waals surface area contributed by atoms with E-state index in [0.29, 0.717) is 37.6 Å². The van der Waals surface area contributed by atoms with E-state index in [1.54, 1.807) is 5.01 Å². The third-order valence-corrected chi connectivity index (χ3v) is 2.76. The van der Waals surface area contributed by atoms with Gasteiger partial charge in [0.25, 0.3) is 5.09 Å². The third-order valence-electron chi connectivity index (χ3n) is 2.76. The fraction of sp³-hybridized carbons (Fsp3) is 0.889. The summed E-state index contributed by atoms with van der Waals surface area (Å²) >= 11 is 0. The molecule has 1 N–H and O–H groups in total. The van der Waals surface area contributed by atoms with Crippen LogP contribution in [-0.2, 0) is 4.84 Å². The van der Waals surface area contributed by atoms with Crippen LogP contribution < -0.4 is 5.53 Å². The lowest BCUT2D eigenvalue weighted by Crippen LogP contribution is -2.55. The Labute approximate surface area is 110 Å². The lowest BCUT2D eigenvalue weighted by Gasteiger charge is -2.31. The topological polar surface area (TPSA) is 115 Å². The Kier molecular flexibility index (Phi) is 5.91. The van der Waals surface area contributed by atoms with Crippen LogP contribution in [0, 0.1) is 26.4 Å². The molecule has 0 amide bonds. The van der Waals surface area contributed by atoms with Gasteiger partial charge in [0.05, 0.1) is 4.91 Å². The molecular formula is C9H17N6O4+. The van der Waals surface area contributed by atoms with Crippen LogP contribution in [0.4, 0.5) is 0 Å². The molecule has 1 unspecified atom stereocenters. The highest BCUT2D eigenvalue weighted by molar-refractivity contribution is 4.77. The van der Waals surface area contributed by atoms with Gasteiger partial charge in [-0.1, -0.05) is 5.53 Å².